The summed E-state index contributed by atoms with van der Waals surface area (Å²) in [6.45, 7) is 5.00. The van der Waals surface area contributed by atoms with Crippen LogP contribution in [0.4, 0.5) is 5.82 Å². The molecule has 0 atom stereocenters. The largest absolute Gasteiger partial charge is 0.353 e. The number of aromatic nitrogens is 4. The van der Waals surface area contributed by atoms with E-state index in [9.17, 15) is 0 Å². The topological polar surface area (TPSA) is 60.9 Å². The lowest BCUT2D eigenvalue weighted by Gasteiger charge is -2.44. The van der Waals surface area contributed by atoms with E-state index in [1.54, 1.807) is 6.33 Å². The number of aromatic amines is 1. The van der Waals surface area contributed by atoms with Crippen molar-refractivity contribution in [2.45, 2.75) is 45.2 Å². The third kappa shape index (κ3) is 2.83. The second kappa shape index (κ2) is 5.92. The number of likely N-dealkylation sites (N-methyl/N-ethyl adjacent to an activating group) is 1. The summed E-state index contributed by atoms with van der Waals surface area (Å²) < 4.78 is 0. The van der Waals surface area contributed by atoms with Crippen LogP contribution < -0.4 is 4.90 Å². The molecule has 2 aliphatic rings. The first-order valence-electron chi connectivity index (χ1n) is 8.49. The Hall–Kier alpha value is -1.95. The van der Waals surface area contributed by atoms with Crippen LogP contribution in [0.5, 0.6) is 0 Å². The van der Waals surface area contributed by atoms with Crippen molar-refractivity contribution in [1.29, 1.82) is 0 Å². The molecule has 0 bridgehead atoms. The van der Waals surface area contributed by atoms with Gasteiger partial charge in [0, 0.05) is 43.1 Å². The number of H-pyrrole nitrogens is 1. The van der Waals surface area contributed by atoms with Gasteiger partial charge in [0.25, 0.3) is 0 Å². The summed E-state index contributed by atoms with van der Waals surface area (Å²) in [4.78, 5) is 13.3. The van der Waals surface area contributed by atoms with E-state index in [2.05, 4.69) is 43.1 Å². The number of aryl methyl sites for hydroxylation is 2. The van der Waals surface area contributed by atoms with Crippen molar-refractivity contribution < 1.29 is 0 Å². The minimum absolute atomic E-state index is 0.571. The molecule has 4 rings (SSSR count). The van der Waals surface area contributed by atoms with Crippen molar-refractivity contribution in [2.24, 2.45) is 0 Å². The Balaban J connectivity index is 1.36. The molecule has 1 saturated heterocycles. The van der Waals surface area contributed by atoms with Crippen molar-refractivity contribution in [3.8, 4) is 0 Å². The normalized spacial score (nSPS) is 18.1. The standard InChI is InChI=1S/C17H24N6/c1-12-7-17(19-11-18-12)23-8-13(9-23)22(2)10-16-14-5-3-4-6-15(14)20-21-16/h7,11,13H,3-6,8-10H2,1-2H3,(H,20,21). The Morgan fingerprint density at radius 2 is 2.09 bits per heavy atom. The van der Waals surface area contributed by atoms with E-state index in [-0.39, 0.29) is 0 Å². The number of hydrogen-bond donors (Lipinski definition) is 1. The van der Waals surface area contributed by atoms with Crippen molar-refractivity contribution in [3.63, 3.8) is 0 Å². The van der Waals surface area contributed by atoms with E-state index >= 15 is 0 Å². The summed E-state index contributed by atoms with van der Waals surface area (Å²) >= 11 is 0. The van der Waals surface area contributed by atoms with E-state index < -0.39 is 0 Å². The number of anilines is 1. The van der Waals surface area contributed by atoms with E-state index in [1.165, 1.54) is 36.2 Å². The maximum Gasteiger partial charge on any atom is 0.132 e. The van der Waals surface area contributed by atoms with Gasteiger partial charge in [0.15, 0.2) is 0 Å². The van der Waals surface area contributed by atoms with E-state index in [0.29, 0.717) is 6.04 Å². The van der Waals surface area contributed by atoms with Gasteiger partial charge in [0.1, 0.15) is 12.1 Å². The lowest BCUT2D eigenvalue weighted by atomic mass is 9.95. The summed E-state index contributed by atoms with van der Waals surface area (Å²) in [5.41, 5.74) is 5.12. The number of nitrogens with zero attached hydrogens (tertiary/aromatic N) is 5. The third-order valence-electron chi connectivity index (χ3n) is 5.14. The molecule has 6 nitrogen and oxygen atoms in total. The maximum absolute atomic E-state index is 4.57. The van der Waals surface area contributed by atoms with Gasteiger partial charge in [0.05, 0.1) is 5.69 Å². The Morgan fingerprint density at radius 1 is 1.26 bits per heavy atom. The minimum atomic E-state index is 0.571. The van der Waals surface area contributed by atoms with Gasteiger partial charge in [-0.3, -0.25) is 10.00 Å². The first kappa shape index (κ1) is 14.6. The number of hydrogen-bond acceptors (Lipinski definition) is 5. The van der Waals surface area contributed by atoms with Gasteiger partial charge >= 0.3 is 0 Å². The van der Waals surface area contributed by atoms with E-state index in [4.69, 9.17) is 0 Å². The molecular formula is C17H24N6. The fourth-order valence-electron chi connectivity index (χ4n) is 3.58. The predicted octanol–water partition coefficient (Wildman–Crippen LogP) is 1.71. The van der Waals surface area contributed by atoms with Crippen LogP contribution in [0.2, 0.25) is 0 Å². The van der Waals surface area contributed by atoms with Gasteiger partial charge in [-0.2, -0.15) is 5.10 Å². The lowest BCUT2D eigenvalue weighted by molar-refractivity contribution is 0.194. The molecule has 6 heteroatoms. The number of rotatable bonds is 4. The second-order valence-corrected chi connectivity index (χ2v) is 6.83. The first-order chi connectivity index (χ1) is 11.2. The van der Waals surface area contributed by atoms with E-state index in [1.807, 2.05) is 6.92 Å². The molecule has 23 heavy (non-hydrogen) atoms. The summed E-state index contributed by atoms with van der Waals surface area (Å²) in [5.74, 6) is 1.04. The highest BCUT2D eigenvalue weighted by molar-refractivity contribution is 5.42. The Labute approximate surface area is 136 Å². The highest BCUT2D eigenvalue weighted by atomic mass is 15.3. The quantitative estimate of drug-likeness (QED) is 0.931. The average molecular weight is 312 g/mol. The molecule has 0 saturated carbocycles. The maximum atomic E-state index is 4.57. The summed E-state index contributed by atoms with van der Waals surface area (Å²) in [6.07, 6.45) is 6.59. The Bertz CT molecular complexity index is 688. The zero-order valence-electron chi connectivity index (χ0n) is 13.9. The lowest BCUT2D eigenvalue weighted by Crippen LogP contribution is -2.58. The van der Waals surface area contributed by atoms with Crippen LogP contribution in [-0.2, 0) is 19.4 Å². The highest BCUT2D eigenvalue weighted by Gasteiger charge is 2.31. The van der Waals surface area contributed by atoms with Crippen LogP contribution in [0, 0.1) is 6.92 Å². The van der Waals surface area contributed by atoms with Gasteiger partial charge in [-0.1, -0.05) is 0 Å². The van der Waals surface area contributed by atoms with E-state index in [0.717, 1.165) is 37.6 Å². The van der Waals surface area contributed by atoms with Crippen LogP contribution in [0.3, 0.4) is 0 Å². The Kier molecular flexibility index (Phi) is 3.77. The molecule has 2 aromatic heterocycles. The van der Waals surface area contributed by atoms with Crippen LogP contribution in [0.15, 0.2) is 12.4 Å². The SMILES string of the molecule is Cc1cc(N2CC(N(C)Cc3n[nH]c4c3CCCC4)C2)ncn1. The van der Waals surface area contributed by atoms with Crippen molar-refractivity contribution in [2.75, 3.05) is 25.0 Å². The zero-order valence-corrected chi connectivity index (χ0v) is 13.9. The summed E-state index contributed by atoms with van der Waals surface area (Å²) in [7, 11) is 2.21. The predicted molar refractivity (Wildman–Crippen MR) is 89.5 cm³/mol. The molecule has 0 radical (unpaired) electrons. The molecule has 122 valence electrons. The van der Waals surface area contributed by atoms with Crippen molar-refractivity contribution >= 4 is 5.82 Å². The summed E-state index contributed by atoms with van der Waals surface area (Å²) in [6, 6.07) is 2.63. The van der Waals surface area contributed by atoms with Crippen molar-refractivity contribution in [1.82, 2.24) is 25.1 Å². The monoisotopic (exact) mass is 312 g/mol. The molecule has 0 amide bonds. The summed E-state index contributed by atoms with van der Waals surface area (Å²) in [5, 5.41) is 7.81. The zero-order chi connectivity index (χ0) is 15.8. The van der Waals surface area contributed by atoms with Gasteiger partial charge in [-0.25, -0.2) is 9.97 Å². The van der Waals surface area contributed by atoms with Crippen LogP contribution in [-0.4, -0.2) is 51.2 Å². The fraction of sp³-hybridized carbons (Fsp3) is 0.588. The van der Waals surface area contributed by atoms with Crippen LogP contribution >= 0.6 is 0 Å². The van der Waals surface area contributed by atoms with Gasteiger partial charge in [-0.05, 0) is 45.2 Å². The molecule has 1 aliphatic heterocycles. The number of fused-ring (bicyclic) bond motifs is 1. The number of nitrogens with one attached hydrogen (secondary N) is 1. The van der Waals surface area contributed by atoms with Gasteiger partial charge in [-0.15, -0.1) is 0 Å². The third-order valence-corrected chi connectivity index (χ3v) is 5.14. The average Bonchev–Trinajstić information content (AvgIpc) is 2.89. The fourth-order valence-corrected chi connectivity index (χ4v) is 3.58. The van der Waals surface area contributed by atoms with Crippen molar-refractivity contribution in [3.05, 3.63) is 35.0 Å². The van der Waals surface area contributed by atoms with Crippen LogP contribution in [0.1, 0.15) is 35.5 Å². The molecule has 3 heterocycles. The molecule has 1 N–H and O–H groups in total. The molecule has 0 unspecified atom stereocenters. The second-order valence-electron chi connectivity index (χ2n) is 6.83. The highest BCUT2D eigenvalue weighted by Crippen LogP contribution is 2.25. The molecule has 2 aromatic rings. The molecule has 1 aliphatic carbocycles. The van der Waals surface area contributed by atoms with Crippen LogP contribution in [0.25, 0.3) is 0 Å². The van der Waals surface area contributed by atoms with Gasteiger partial charge < -0.3 is 4.90 Å². The Morgan fingerprint density at radius 3 is 2.91 bits per heavy atom. The smallest absolute Gasteiger partial charge is 0.132 e. The molecule has 0 aromatic carbocycles. The molecular weight excluding hydrogens is 288 g/mol. The van der Waals surface area contributed by atoms with Gasteiger partial charge in [0.2, 0.25) is 0 Å². The molecule has 1 fully saturated rings. The first-order valence-corrected chi connectivity index (χ1v) is 8.49. The minimum Gasteiger partial charge on any atom is -0.353 e. The molecule has 0 spiro atoms.